The molecule has 6 heteroatoms. The molecule has 1 heterocycles. The first-order valence-electron chi connectivity index (χ1n) is 5.64. The number of rotatable bonds is 4. The van der Waals surface area contributed by atoms with Crippen molar-refractivity contribution in [1.82, 2.24) is 14.8 Å². The first-order valence-corrected chi connectivity index (χ1v) is 6.63. The standard InChI is InChI=1S/C12H16N4OS/c1-8-3-5-9(6-4-8)10(13)7-18-12-15-14-11(17)16(12)2/h3-6,10H,7,13H2,1-2H3,(H,14,17). The molecule has 5 nitrogen and oxygen atoms in total. The second kappa shape index (κ2) is 5.41. The molecule has 0 spiro atoms. The first-order chi connectivity index (χ1) is 8.58. The highest BCUT2D eigenvalue weighted by Gasteiger charge is 2.10. The summed E-state index contributed by atoms with van der Waals surface area (Å²) in [6.07, 6.45) is 0. The molecule has 0 aliphatic carbocycles. The summed E-state index contributed by atoms with van der Waals surface area (Å²) in [5.74, 6) is 0.682. The van der Waals surface area contributed by atoms with Crippen molar-refractivity contribution in [2.75, 3.05) is 5.75 Å². The lowest BCUT2D eigenvalue weighted by Gasteiger charge is -2.11. The number of aromatic amines is 1. The monoisotopic (exact) mass is 264 g/mol. The van der Waals surface area contributed by atoms with E-state index in [1.54, 1.807) is 7.05 Å². The van der Waals surface area contributed by atoms with Gasteiger partial charge in [-0.05, 0) is 12.5 Å². The van der Waals surface area contributed by atoms with Crippen LogP contribution < -0.4 is 11.4 Å². The predicted molar refractivity (Wildman–Crippen MR) is 72.7 cm³/mol. The zero-order valence-electron chi connectivity index (χ0n) is 10.4. The normalized spacial score (nSPS) is 12.6. The highest BCUT2D eigenvalue weighted by molar-refractivity contribution is 7.99. The fourth-order valence-corrected chi connectivity index (χ4v) is 2.44. The predicted octanol–water partition coefficient (Wildman–Crippen LogP) is 1.21. The van der Waals surface area contributed by atoms with E-state index in [4.69, 9.17) is 5.73 Å². The fraction of sp³-hybridized carbons (Fsp3) is 0.333. The van der Waals surface area contributed by atoms with Gasteiger partial charge in [-0.3, -0.25) is 4.57 Å². The Morgan fingerprint density at radius 1 is 1.44 bits per heavy atom. The summed E-state index contributed by atoms with van der Waals surface area (Å²) in [6.45, 7) is 2.05. The van der Waals surface area contributed by atoms with Crippen LogP contribution in [-0.2, 0) is 7.05 Å². The average Bonchev–Trinajstić information content (AvgIpc) is 2.68. The minimum atomic E-state index is -0.207. The molecule has 0 saturated carbocycles. The number of hydrogen-bond acceptors (Lipinski definition) is 4. The molecule has 0 aliphatic rings. The first kappa shape index (κ1) is 12.9. The third kappa shape index (κ3) is 2.83. The van der Waals surface area contributed by atoms with Crippen molar-refractivity contribution in [2.45, 2.75) is 18.1 Å². The molecule has 2 rings (SSSR count). The van der Waals surface area contributed by atoms with Gasteiger partial charge in [-0.25, -0.2) is 9.89 Å². The van der Waals surface area contributed by atoms with Crippen LogP contribution in [0, 0.1) is 6.92 Å². The molecule has 0 fully saturated rings. The van der Waals surface area contributed by atoms with Gasteiger partial charge < -0.3 is 5.73 Å². The number of H-pyrrole nitrogens is 1. The number of aromatic nitrogens is 3. The van der Waals surface area contributed by atoms with Crippen molar-refractivity contribution in [3.63, 3.8) is 0 Å². The van der Waals surface area contributed by atoms with Gasteiger partial charge >= 0.3 is 5.69 Å². The molecule has 1 aromatic heterocycles. The molecule has 0 aliphatic heterocycles. The number of nitrogens with two attached hydrogens (primary N) is 1. The minimum absolute atomic E-state index is 0.0672. The van der Waals surface area contributed by atoms with E-state index >= 15 is 0 Å². The zero-order chi connectivity index (χ0) is 13.1. The van der Waals surface area contributed by atoms with E-state index in [-0.39, 0.29) is 11.7 Å². The van der Waals surface area contributed by atoms with Gasteiger partial charge in [0.2, 0.25) is 0 Å². The summed E-state index contributed by atoms with van der Waals surface area (Å²) in [6, 6.07) is 8.09. The highest BCUT2D eigenvalue weighted by Crippen LogP contribution is 2.20. The Hall–Kier alpha value is -1.53. The van der Waals surface area contributed by atoms with Crippen LogP contribution in [0.25, 0.3) is 0 Å². The molecule has 1 atom stereocenters. The summed E-state index contributed by atoms with van der Waals surface area (Å²) in [4.78, 5) is 11.2. The number of nitrogens with one attached hydrogen (secondary N) is 1. The third-order valence-electron chi connectivity index (χ3n) is 2.74. The number of aryl methyl sites for hydroxylation is 1. The maximum absolute atomic E-state index is 11.2. The van der Waals surface area contributed by atoms with Crippen molar-refractivity contribution >= 4 is 11.8 Å². The van der Waals surface area contributed by atoms with Gasteiger partial charge in [-0.1, -0.05) is 41.6 Å². The minimum Gasteiger partial charge on any atom is -0.323 e. The lowest BCUT2D eigenvalue weighted by atomic mass is 10.1. The Morgan fingerprint density at radius 2 is 2.11 bits per heavy atom. The van der Waals surface area contributed by atoms with Gasteiger partial charge in [0, 0.05) is 18.8 Å². The largest absolute Gasteiger partial charge is 0.343 e. The number of nitrogens with zero attached hydrogens (tertiary/aromatic N) is 2. The summed E-state index contributed by atoms with van der Waals surface area (Å²) in [5, 5.41) is 6.99. The van der Waals surface area contributed by atoms with Crippen LogP contribution in [0.5, 0.6) is 0 Å². The van der Waals surface area contributed by atoms with Crippen molar-refractivity contribution in [1.29, 1.82) is 0 Å². The Kier molecular flexibility index (Phi) is 3.88. The van der Waals surface area contributed by atoms with Gasteiger partial charge in [0.05, 0.1) is 0 Å². The Labute approximate surface area is 109 Å². The quantitative estimate of drug-likeness (QED) is 0.814. The van der Waals surface area contributed by atoms with E-state index in [0.717, 1.165) is 5.56 Å². The molecule has 1 unspecified atom stereocenters. The van der Waals surface area contributed by atoms with Crippen LogP contribution >= 0.6 is 11.8 Å². The molecule has 0 amide bonds. The fourth-order valence-electron chi connectivity index (χ4n) is 1.54. The van der Waals surface area contributed by atoms with Crippen LogP contribution in [0.4, 0.5) is 0 Å². The molecule has 2 aromatic rings. The average molecular weight is 264 g/mol. The van der Waals surface area contributed by atoms with Gasteiger partial charge in [-0.15, -0.1) is 5.10 Å². The molecule has 1 aromatic carbocycles. The topological polar surface area (TPSA) is 76.7 Å². The molecule has 0 bridgehead atoms. The van der Waals surface area contributed by atoms with Gasteiger partial charge in [-0.2, -0.15) is 0 Å². The van der Waals surface area contributed by atoms with E-state index in [9.17, 15) is 4.79 Å². The molecule has 18 heavy (non-hydrogen) atoms. The SMILES string of the molecule is Cc1ccc(C(N)CSc2n[nH]c(=O)n2C)cc1. The summed E-state index contributed by atoms with van der Waals surface area (Å²) >= 11 is 1.47. The summed E-state index contributed by atoms with van der Waals surface area (Å²) < 4.78 is 1.48. The summed E-state index contributed by atoms with van der Waals surface area (Å²) in [7, 11) is 1.69. The maximum atomic E-state index is 11.2. The van der Waals surface area contributed by atoms with Crippen LogP contribution in [-0.4, -0.2) is 20.5 Å². The lowest BCUT2D eigenvalue weighted by Crippen LogP contribution is -2.15. The van der Waals surface area contributed by atoms with Crippen LogP contribution in [0.15, 0.2) is 34.2 Å². The van der Waals surface area contributed by atoms with Gasteiger partial charge in [0.25, 0.3) is 0 Å². The van der Waals surface area contributed by atoms with E-state index < -0.39 is 0 Å². The van der Waals surface area contributed by atoms with Crippen molar-refractivity contribution in [2.24, 2.45) is 12.8 Å². The molecule has 0 saturated heterocycles. The Morgan fingerprint density at radius 3 is 2.67 bits per heavy atom. The molecule has 0 radical (unpaired) electrons. The second-order valence-electron chi connectivity index (χ2n) is 4.20. The van der Waals surface area contributed by atoms with Gasteiger partial charge in [0.15, 0.2) is 5.16 Å². The molecular formula is C12H16N4OS. The molecule has 3 N–H and O–H groups in total. The van der Waals surface area contributed by atoms with Crippen molar-refractivity contribution in [3.05, 3.63) is 45.9 Å². The van der Waals surface area contributed by atoms with Crippen LogP contribution in [0.1, 0.15) is 17.2 Å². The van der Waals surface area contributed by atoms with Crippen molar-refractivity contribution in [3.8, 4) is 0 Å². The Bertz CT molecular complexity index is 573. The zero-order valence-corrected chi connectivity index (χ0v) is 11.2. The molecular weight excluding hydrogens is 248 g/mol. The van der Waals surface area contributed by atoms with E-state index in [1.165, 1.54) is 21.9 Å². The van der Waals surface area contributed by atoms with E-state index in [2.05, 4.69) is 10.2 Å². The highest BCUT2D eigenvalue weighted by atomic mass is 32.2. The number of hydrogen-bond donors (Lipinski definition) is 2. The Balaban J connectivity index is 2.00. The third-order valence-corrected chi connectivity index (χ3v) is 3.89. The number of benzene rings is 1. The van der Waals surface area contributed by atoms with Crippen molar-refractivity contribution < 1.29 is 0 Å². The number of thioether (sulfide) groups is 1. The maximum Gasteiger partial charge on any atom is 0.343 e. The second-order valence-corrected chi connectivity index (χ2v) is 5.19. The molecule has 96 valence electrons. The summed E-state index contributed by atoms with van der Waals surface area (Å²) in [5.41, 5.74) is 8.20. The van der Waals surface area contributed by atoms with Crippen LogP contribution in [0.2, 0.25) is 0 Å². The smallest absolute Gasteiger partial charge is 0.323 e. The lowest BCUT2D eigenvalue weighted by molar-refractivity contribution is 0.759. The van der Waals surface area contributed by atoms with E-state index in [0.29, 0.717) is 10.9 Å². The van der Waals surface area contributed by atoms with E-state index in [1.807, 2.05) is 31.2 Å². The van der Waals surface area contributed by atoms with Gasteiger partial charge in [0.1, 0.15) is 0 Å². The van der Waals surface area contributed by atoms with Crippen LogP contribution in [0.3, 0.4) is 0 Å².